The molecule has 0 aromatic rings. The molecule has 2 nitrogen and oxygen atoms in total. The Morgan fingerprint density at radius 2 is 1.71 bits per heavy atom. The third-order valence-electron chi connectivity index (χ3n) is 3.80. The number of unbranched alkanes of at least 4 members (excludes halogenated alkanes) is 1. The second-order valence-electron chi connectivity index (χ2n) is 6.49. The van der Waals surface area contributed by atoms with Crippen molar-refractivity contribution in [2.45, 2.75) is 84.0 Å². The summed E-state index contributed by atoms with van der Waals surface area (Å²) < 4.78 is 6.43. The van der Waals surface area contributed by atoms with Crippen molar-refractivity contribution in [2.75, 3.05) is 6.61 Å². The summed E-state index contributed by atoms with van der Waals surface area (Å²) in [6.07, 6.45) is 5.53. The lowest BCUT2D eigenvalue weighted by Crippen LogP contribution is -2.43. The predicted octanol–water partition coefficient (Wildman–Crippen LogP) is 4.78. The summed E-state index contributed by atoms with van der Waals surface area (Å²) in [5.74, 6) is 0. The topological polar surface area (TPSA) is 29.1 Å². The Kier molecular flexibility index (Phi) is 7.61. The Morgan fingerprint density at radius 3 is 2.12 bits per heavy atom. The summed E-state index contributed by atoms with van der Waals surface area (Å²) in [6.45, 7) is 13.7. The van der Waals surface area contributed by atoms with Crippen molar-refractivity contribution in [1.82, 2.24) is 0 Å². The first-order valence-electron chi connectivity index (χ1n) is 7.00. The van der Waals surface area contributed by atoms with E-state index in [1.807, 2.05) is 0 Å². The minimum absolute atomic E-state index is 0.0545. The monoisotopic (exact) mass is 259 g/mol. The highest BCUT2D eigenvalue weighted by Crippen LogP contribution is 2.38. The van der Waals surface area contributed by atoms with Gasteiger partial charge >= 0.3 is 0 Å². The summed E-state index contributed by atoms with van der Waals surface area (Å²) in [5.41, 5.74) is 0. The van der Waals surface area contributed by atoms with Crippen molar-refractivity contribution in [3.8, 4) is 0 Å². The SMILES string of the molecule is CCCC(CCCC[O])O[Si](C)(C)C(C)(C)C. The Labute approximate surface area is 109 Å². The summed E-state index contributed by atoms with van der Waals surface area (Å²) in [6, 6.07) is 0. The van der Waals surface area contributed by atoms with Crippen molar-refractivity contribution in [1.29, 1.82) is 0 Å². The quantitative estimate of drug-likeness (QED) is 0.455. The maximum atomic E-state index is 10.5. The molecule has 0 aliphatic heterocycles. The van der Waals surface area contributed by atoms with Crippen LogP contribution in [0.1, 0.15) is 59.8 Å². The molecule has 17 heavy (non-hydrogen) atoms. The lowest BCUT2D eigenvalue weighted by atomic mass is 10.1. The fourth-order valence-corrected chi connectivity index (χ4v) is 3.07. The lowest BCUT2D eigenvalue weighted by molar-refractivity contribution is 0.145. The molecule has 3 heteroatoms. The fraction of sp³-hybridized carbons (Fsp3) is 1.00. The van der Waals surface area contributed by atoms with Gasteiger partial charge in [0.1, 0.15) is 0 Å². The van der Waals surface area contributed by atoms with Crippen LogP contribution in [0.5, 0.6) is 0 Å². The molecule has 0 heterocycles. The zero-order valence-corrected chi connectivity index (χ0v) is 13.6. The maximum Gasteiger partial charge on any atom is 0.192 e. The van der Waals surface area contributed by atoms with Crippen molar-refractivity contribution >= 4 is 8.32 Å². The zero-order chi connectivity index (χ0) is 13.5. The van der Waals surface area contributed by atoms with Crippen LogP contribution in [0.2, 0.25) is 18.1 Å². The molecular formula is C14H31O2Si. The summed E-state index contributed by atoms with van der Waals surface area (Å²) in [7, 11) is -1.64. The Balaban J connectivity index is 4.32. The van der Waals surface area contributed by atoms with Gasteiger partial charge in [0.25, 0.3) is 0 Å². The number of rotatable bonds is 8. The number of hydrogen-bond donors (Lipinski definition) is 0. The Hall–Kier alpha value is 0.137. The average molecular weight is 259 g/mol. The van der Waals surface area contributed by atoms with Gasteiger partial charge in [-0.05, 0) is 43.8 Å². The molecular weight excluding hydrogens is 228 g/mol. The van der Waals surface area contributed by atoms with Crippen molar-refractivity contribution in [2.24, 2.45) is 0 Å². The van der Waals surface area contributed by atoms with Crippen LogP contribution in [0, 0.1) is 0 Å². The van der Waals surface area contributed by atoms with Crippen LogP contribution in [-0.4, -0.2) is 21.0 Å². The van der Waals surface area contributed by atoms with Gasteiger partial charge in [-0.3, -0.25) is 0 Å². The first-order valence-corrected chi connectivity index (χ1v) is 9.91. The van der Waals surface area contributed by atoms with Crippen LogP contribution in [0.3, 0.4) is 0 Å². The molecule has 0 rings (SSSR count). The van der Waals surface area contributed by atoms with Crippen molar-refractivity contribution in [3.63, 3.8) is 0 Å². The highest BCUT2D eigenvalue weighted by molar-refractivity contribution is 6.74. The van der Waals surface area contributed by atoms with Crippen LogP contribution in [-0.2, 0) is 9.53 Å². The van der Waals surface area contributed by atoms with Crippen LogP contribution >= 0.6 is 0 Å². The van der Waals surface area contributed by atoms with E-state index in [9.17, 15) is 5.11 Å². The lowest BCUT2D eigenvalue weighted by Gasteiger charge is -2.39. The third-order valence-corrected chi connectivity index (χ3v) is 8.33. The highest BCUT2D eigenvalue weighted by atomic mass is 28.4. The fourth-order valence-electron chi connectivity index (χ4n) is 1.65. The molecule has 0 N–H and O–H groups in total. The van der Waals surface area contributed by atoms with Crippen molar-refractivity contribution in [3.05, 3.63) is 0 Å². The van der Waals surface area contributed by atoms with Gasteiger partial charge in [0.05, 0.1) is 6.61 Å². The van der Waals surface area contributed by atoms with E-state index in [1.165, 1.54) is 0 Å². The molecule has 0 fully saturated rings. The van der Waals surface area contributed by atoms with E-state index >= 15 is 0 Å². The second-order valence-corrected chi connectivity index (χ2v) is 11.2. The summed E-state index contributed by atoms with van der Waals surface area (Å²) >= 11 is 0. The highest BCUT2D eigenvalue weighted by Gasteiger charge is 2.38. The van der Waals surface area contributed by atoms with Gasteiger partial charge in [-0.2, -0.15) is 0 Å². The minimum atomic E-state index is -1.64. The van der Waals surface area contributed by atoms with Gasteiger partial charge in [0, 0.05) is 6.10 Å². The third kappa shape index (κ3) is 6.58. The van der Waals surface area contributed by atoms with Gasteiger partial charge in [0.2, 0.25) is 0 Å². The van der Waals surface area contributed by atoms with Gasteiger partial charge in [-0.1, -0.05) is 34.1 Å². The summed E-state index contributed by atoms with van der Waals surface area (Å²) in [5, 5.41) is 10.8. The first kappa shape index (κ1) is 17.1. The average Bonchev–Trinajstić information content (AvgIpc) is 2.16. The van der Waals surface area contributed by atoms with Gasteiger partial charge < -0.3 is 4.43 Å². The van der Waals surface area contributed by atoms with Crippen molar-refractivity contribution < 1.29 is 9.53 Å². The standard InChI is InChI=1S/C14H31O2Si/c1-7-10-13(11-8-9-12-15)16-17(5,6)14(2,3)4/h13H,7-12H2,1-6H3. The Bertz CT molecular complexity index is 197. The van der Waals surface area contributed by atoms with Crippen LogP contribution < -0.4 is 0 Å². The molecule has 0 aliphatic carbocycles. The largest absolute Gasteiger partial charge is 0.414 e. The van der Waals surface area contributed by atoms with E-state index in [0.717, 1.165) is 32.1 Å². The molecule has 0 aliphatic rings. The molecule has 0 spiro atoms. The normalized spacial score (nSPS) is 15.0. The van der Waals surface area contributed by atoms with Gasteiger partial charge in [-0.15, -0.1) is 0 Å². The van der Waals surface area contributed by atoms with E-state index in [4.69, 9.17) is 4.43 Å². The van der Waals surface area contributed by atoms with Crippen LogP contribution in [0.15, 0.2) is 0 Å². The van der Waals surface area contributed by atoms with E-state index in [1.54, 1.807) is 0 Å². The van der Waals surface area contributed by atoms with Crippen LogP contribution in [0.25, 0.3) is 0 Å². The molecule has 0 amide bonds. The molecule has 0 aromatic carbocycles. The van der Waals surface area contributed by atoms with E-state index in [2.05, 4.69) is 40.8 Å². The molecule has 1 radical (unpaired) electrons. The summed E-state index contributed by atoms with van der Waals surface area (Å²) in [4.78, 5) is 0. The Morgan fingerprint density at radius 1 is 1.12 bits per heavy atom. The molecule has 1 atom stereocenters. The molecule has 0 bridgehead atoms. The first-order chi connectivity index (χ1) is 7.74. The predicted molar refractivity (Wildman–Crippen MR) is 76.4 cm³/mol. The second kappa shape index (κ2) is 7.55. The molecule has 103 valence electrons. The number of hydrogen-bond acceptors (Lipinski definition) is 1. The minimum Gasteiger partial charge on any atom is -0.414 e. The van der Waals surface area contributed by atoms with Gasteiger partial charge in [0.15, 0.2) is 8.32 Å². The van der Waals surface area contributed by atoms with E-state index < -0.39 is 8.32 Å². The molecule has 0 aromatic heterocycles. The van der Waals surface area contributed by atoms with E-state index in [-0.39, 0.29) is 11.6 Å². The van der Waals surface area contributed by atoms with Gasteiger partial charge in [-0.25, -0.2) is 5.11 Å². The molecule has 0 saturated heterocycles. The molecule has 0 saturated carbocycles. The maximum absolute atomic E-state index is 10.5. The van der Waals surface area contributed by atoms with E-state index in [0.29, 0.717) is 6.10 Å². The molecule has 1 unspecified atom stereocenters. The van der Waals surface area contributed by atoms with Crippen LogP contribution in [0.4, 0.5) is 0 Å². The smallest absolute Gasteiger partial charge is 0.192 e. The zero-order valence-electron chi connectivity index (χ0n) is 12.6.